The van der Waals surface area contributed by atoms with Gasteiger partial charge in [0.1, 0.15) is 29.5 Å². The number of pyridine rings is 2. The Morgan fingerprint density at radius 2 is 1.71 bits per heavy atom. The summed E-state index contributed by atoms with van der Waals surface area (Å²) in [6, 6.07) is 15.2. The van der Waals surface area contributed by atoms with E-state index in [2.05, 4.69) is 15.1 Å². The lowest BCUT2D eigenvalue weighted by atomic mass is 9.81. The topological polar surface area (TPSA) is 98.3 Å². The second kappa shape index (κ2) is 10.1. The van der Waals surface area contributed by atoms with Gasteiger partial charge in [-0.25, -0.2) is 9.78 Å². The summed E-state index contributed by atoms with van der Waals surface area (Å²) < 4.78 is 12.0. The fourth-order valence-corrected chi connectivity index (χ4v) is 5.17. The van der Waals surface area contributed by atoms with Crippen molar-refractivity contribution >= 4 is 39.9 Å². The molecule has 1 N–H and O–H groups in total. The van der Waals surface area contributed by atoms with Crippen LogP contribution in [0.5, 0.6) is 5.75 Å². The molecule has 0 aliphatic heterocycles. The van der Waals surface area contributed by atoms with Crippen molar-refractivity contribution in [1.82, 2.24) is 15.1 Å². The highest BCUT2D eigenvalue weighted by Crippen LogP contribution is 2.43. The highest BCUT2D eigenvalue weighted by molar-refractivity contribution is 6.38. The third kappa shape index (κ3) is 4.59. The van der Waals surface area contributed by atoms with Gasteiger partial charge in [-0.2, -0.15) is 0 Å². The normalized spacial score (nSPS) is 13.4. The van der Waals surface area contributed by atoms with E-state index < -0.39 is 5.97 Å². The first-order chi connectivity index (χ1) is 18.5. The molecule has 0 atom stereocenters. The largest absolute Gasteiger partial charge is 0.489 e. The molecule has 0 spiro atoms. The lowest BCUT2D eigenvalue weighted by Crippen LogP contribution is -2.11. The third-order valence-corrected chi connectivity index (χ3v) is 7.47. The number of hydrogen-bond donors (Lipinski definition) is 1. The van der Waals surface area contributed by atoms with Crippen molar-refractivity contribution in [3.8, 4) is 28.1 Å². The average molecular weight is 546 g/mol. The van der Waals surface area contributed by atoms with Crippen LogP contribution in [0.1, 0.15) is 47.0 Å². The molecule has 0 bridgehead atoms. The van der Waals surface area contributed by atoms with Crippen LogP contribution in [0.25, 0.3) is 33.2 Å². The molecular formula is C29H21Cl2N3O4. The molecule has 190 valence electrons. The molecule has 6 rings (SSSR count). The molecule has 1 fully saturated rings. The quantitative estimate of drug-likeness (QED) is 0.222. The highest BCUT2D eigenvalue weighted by atomic mass is 35.5. The zero-order valence-electron chi connectivity index (χ0n) is 20.0. The second-order valence-electron chi connectivity index (χ2n) is 9.23. The molecule has 2 aromatic carbocycles. The number of aromatic carboxylic acids is 1. The van der Waals surface area contributed by atoms with Crippen molar-refractivity contribution in [1.29, 1.82) is 0 Å². The van der Waals surface area contributed by atoms with Gasteiger partial charge in [-0.3, -0.25) is 4.98 Å². The van der Waals surface area contributed by atoms with Gasteiger partial charge in [0.2, 0.25) is 0 Å². The summed E-state index contributed by atoms with van der Waals surface area (Å²) in [6.45, 7) is 0.256. The number of carboxylic acids is 1. The number of nitrogens with zero attached hydrogens (tertiary/aromatic N) is 3. The summed E-state index contributed by atoms with van der Waals surface area (Å²) in [4.78, 5) is 19.3. The Balaban J connectivity index is 1.24. The molecule has 0 unspecified atom stereocenters. The monoisotopic (exact) mass is 545 g/mol. The Kier molecular flexibility index (Phi) is 6.47. The van der Waals surface area contributed by atoms with Crippen LogP contribution in [0.15, 0.2) is 71.6 Å². The number of halogens is 2. The minimum absolute atomic E-state index is 0.0247. The maximum absolute atomic E-state index is 11.2. The molecule has 38 heavy (non-hydrogen) atoms. The first-order valence-electron chi connectivity index (χ1n) is 12.1. The number of hydrogen-bond acceptors (Lipinski definition) is 6. The van der Waals surface area contributed by atoms with Gasteiger partial charge in [-0.15, -0.1) is 0 Å². The Labute approximate surface area is 228 Å². The first kappa shape index (κ1) is 24.4. The van der Waals surface area contributed by atoms with Crippen molar-refractivity contribution in [3.63, 3.8) is 0 Å². The van der Waals surface area contributed by atoms with Crippen LogP contribution in [0, 0.1) is 0 Å². The Bertz CT molecular complexity index is 1640. The molecule has 0 saturated heterocycles. The van der Waals surface area contributed by atoms with E-state index in [0.29, 0.717) is 33.0 Å². The van der Waals surface area contributed by atoms with Crippen LogP contribution in [0.4, 0.5) is 0 Å². The fraction of sp³-hybridized carbons (Fsp3) is 0.172. The van der Waals surface area contributed by atoms with Crippen molar-refractivity contribution in [2.45, 2.75) is 31.8 Å². The zero-order valence-corrected chi connectivity index (χ0v) is 21.5. The van der Waals surface area contributed by atoms with Gasteiger partial charge in [0, 0.05) is 35.5 Å². The van der Waals surface area contributed by atoms with Crippen LogP contribution in [0.2, 0.25) is 10.0 Å². The lowest BCUT2D eigenvalue weighted by Gasteiger charge is -2.23. The van der Waals surface area contributed by atoms with E-state index in [0.717, 1.165) is 52.5 Å². The van der Waals surface area contributed by atoms with Crippen LogP contribution in [-0.4, -0.2) is 26.2 Å². The zero-order chi connectivity index (χ0) is 26.2. The number of aromatic nitrogens is 3. The second-order valence-corrected chi connectivity index (χ2v) is 10.0. The van der Waals surface area contributed by atoms with Gasteiger partial charge in [-0.05, 0) is 53.6 Å². The van der Waals surface area contributed by atoms with Crippen LogP contribution < -0.4 is 4.74 Å². The molecule has 3 aromatic heterocycles. The molecule has 7 nitrogen and oxygen atoms in total. The van der Waals surface area contributed by atoms with Gasteiger partial charge in [0.25, 0.3) is 0 Å². The fourth-order valence-electron chi connectivity index (χ4n) is 4.62. The van der Waals surface area contributed by atoms with E-state index >= 15 is 0 Å². The number of carboxylic acid groups (broad SMARTS) is 1. The van der Waals surface area contributed by atoms with Gasteiger partial charge < -0.3 is 14.4 Å². The lowest BCUT2D eigenvalue weighted by molar-refractivity contribution is 0.0690. The number of benzene rings is 2. The van der Waals surface area contributed by atoms with E-state index in [1.807, 2.05) is 42.5 Å². The summed E-state index contributed by atoms with van der Waals surface area (Å²) >= 11 is 12.8. The van der Waals surface area contributed by atoms with Crippen molar-refractivity contribution < 1.29 is 19.2 Å². The van der Waals surface area contributed by atoms with Crippen molar-refractivity contribution in [3.05, 3.63) is 94.2 Å². The molecule has 1 aliphatic rings. The summed E-state index contributed by atoms with van der Waals surface area (Å²) in [5.41, 5.74) is 4.03. The summed E-state index contributed by atoms with van der Waals surface area (Å²) in [5, 5.41) is 16.0. The Morgan fingerprint density at radius 1 is 0.974 bits per heavy atom. The average Bonchev–Trinajstić information content (AvgIpc) is 3.28. The van der Waals surface area contributed by atoms with E-state index in [-0.39, 0.29) is 12.3 Å². The van der Waals surface area contributed by atoms with Gasteiger partial charge >= 0.3 is 5.97 Å². The maximum atomic E-state index is 11.2. The van der Waals surface area contributed by atoms with Crippen molar-refractivity contribution in [2.24, 2.45) is 0 Å². The molecule has 0 amide bonds. The van der Waals surface area contributed by atoms with Crippen molar-refractivity contribution in [2.75, 3.05) is 0 Å². The van der Waals surface area contributed by atoms with E-state index in [4.69, 9.17) is 37.6 Å². The van der Waals surface area contributed by atoms with Gasteiger partial charge in [0.15, 0.2) is 0 Å². The third-order valence-electron chi connectivity index (χ3n) is 6.90. The van der Waals surface area contributed by atoms with Crippen LogP contribution >= 0.6 is 23.2 Å². The smallest absolute Gasteiger partial charge is 0.354 e. The van der Waals surface area contributed by atoms with Gasteiger partial charge in [-0.1, -0.05) is 59.0 Å². The molecule has 9 heteroatoms. The van der Waals surface area contributed by atoms with Crippen LogP contribution in [0.3, 0.4) is 0 Å². The van der Waals surface area contributed by atoms with Crippen LogP contribution in [-0.2, 0) is 6.61 Å². The van der Waals surface area contributed by atoms with E-state index in [1.54, 1.807) is 12.3 Å². The predicted molar refractivity (Wildman–Crippen MR) is 145 cm³/mol. The molecule has 0 radical (unpaired) electrons. The molecule has 1 saturated carbocycles. The highest BCUT2D eigenvalue weighted by Gasteiger charge is 2.30. The first-order valence-corrected chi connectivity index (χ1v) is 12.9. The number of ether oxygens (including phenoxy) is 1. The SMILES string of the molecule is O=C(O)c1cc2ccc(-c3ccc(OCc4c(-c5c(Cl)cncc5Cl)noc4C4CCC4)cc3)cc2cn1. The van der Waals surface area contributed by atoms with E-state index in [1.165, 1.54) is 12.4 Å². The number of rotatable bonds is 7. The minimum atomic E-state index is -1.04. The summed E-state index contributed by atoms with van der Waals surface area (Å²) in [6.07, 6.45) is 7.91. The number of fused-ring (bicyclic) bond motifs is 1. The molecule has 3 heterocycles. The Morgan fingerprint density at radius 3 is 2.39 bits per heavy atom. The van der Waals surface area contributed by atoms with Gasteiger partial charge in [0.05, 0.1) is 15.6 Å². The summed E-state index contributed by atoms with van der Waals surface area (Å²) in [5.74, 6) is 0.783. The maximum Gasteiger partial charge on any atom is 0.354 e. The molecular weight excluding hydrogens is 525 g/mol. The molecule has 5 aromatic rings. The Hall–Kier alpha value is -3.94. The predicted octanol–water partition coefficient (Wildman–Crippen LogP) is 7.80. The number of carbonyl (C=O) groups is 1. The minimum Gasteiger partial charge on any atom is -0.489 e. The molecule has 1 aliphatic carbocycles. The summed E-state index contributed by atoms with van der Waals surface area (Å²) in [7, 11) is 0. The standard InChI is InChI=1S/C29H21Cl2N3O4/c30-23-13-32-14-24(31)26(23)27-22(28(38-34-27)17-2-1-3-17)15-37-21-8-6-16(7-9-21)18-4-5-19-11-25(29(35)36)33-12-20(19)10-18/h4-14,17H,1-3,15H2,(H,35,36). The van der Waals surface area contributed by atoms with E-state index in [9.17, 15) is 4.79 Å².